The fourth-order valence-electron chi connectivity index (χ4n) is 1.11. The van der Waals surface area contributed by atoms with Crippen LogP contribution in [-0.2, 0) is 0 Å². The topological polar surface area (TPSA) is 101 Å². The minimum absolute atomic E-state index is 0.0282. The maximum absolute atomic E-state index is 11.7. The van der Waals surface area contributed by atoms with Gasteiger partial charge in [-0.05, 0) is 17.7 Å². The molecule has 7 nitrogen and oxygen atoms in total. The highest BCUT2D eigenvalue weighted by Crippen LogP contribution is 2.14. The van der Waals surface area contributed by atoms with E-state index >= 15 is 0 Å². The zero-order valence-electron chi connectivity index (χ0n) is 8.65. The number of amides is 1. The van der Waals surface area contributed by atoms with Crippen LogP contribution in [0.1, 0.15) is 10.5 Å². The van der Waals surface area contributed by atoms with Crippen molar-refractivity contribution < 1.29 is 4.79 Å². The fourth-order valence-corrected chi connectivity index (χ4v) is 1.51. The molecule has 0 aromatic carbocycles. The number of carbonyl (C=O) groups excluding carboxylic acids is 1. The number of carbonyl (C=O) groups is 1. The molecule has 2 N–H and O–H groups in total. The van der Waals surface area contributed by atoms with Crippen molar-refractivity contribution in [2.24, 2.45) is 0 Å². The molecule has 0 aliphatic rings. The van der Waals surface area contributed by atoms with E-state index in [1.54, 1.807) is 0 Å². The summed E-state index contributed by atoms with van der Waals surface area (Å²) in [5, 5.41) is 8.12. The Morgan fingerprint density at radius 3 is 2.67 bits per heavy atom. The summed E-state index contributed by atoms with van der Waals surface area (Å²) in [7, 11) is 0. The number of anilines is 1. The molecule has 18 heavy (non-hydrogen) atoms. The Labute approximate surface area is 110 Å². The summed E-state index contributed by atoms with van der Waals surface area (Å²) in [5.74, 6) is -0.421. The average molecular weight is 286 g/mol. The van der Waals surface area contributed by atoms with Gasteiger partial charge >= 0.3 is 0 Å². The molecule has 0 bridgehead atoms. The molecule has 0 saturated heterocycles. The van der Waals surface area contributed by atoms with Crippen LogP contribution < -0.4 is 10.9 Å². The molecule has 0 aliphatic carbocycles. The fraction of sp³-hybridized carbons (Fsp3) is 0. The van der Waals surface area contributed by atoms with Crippen molar-refractivity contribution in [1.29, 1.82) is 0 Å². The van der Waals surface area contributed by atoms with E-state index in [0.29, 0.717) is 0 Å². The maximum atomic E-state index is 11.7. The molecule has 0 aliphatic heterocycles. The summed E-state index contributed by atoms with van der Waals surface area (Å²) in [6, 6.07) is 3.79. The van der Waals surface area contributed by atoms with E-state index in [-0.39, 0.29) is 21.9 Å². The van der Waals surface area contributed by atoms with Gasteiger partial charge in [0.1, 0.15) is 16.7 Å². The molecule has 0 unspecified atom stereocenters. The number of hydrogen-bond donors (Lipinski definition) is 2. The lowest BCUT2D eigenvalue weighted by Gasteiger charge is -2.03. The standard InChI is InChI=1S/C9H5Cl2N5O2/c10-5-3-6(14-9(11)12-5)13-8(18)4-1-2-7(17)16-15-4/h1-3H,(H,16,17)(H,12,13,14,18). The van der Waals surface area contributed by atoms with Crippen LogP contribution in [0.2, 0.25) is 10.4 Å². The molecule has 0 atom stereocenters. The van der Waals surface area contributed by atoms with Gasteiger partial charge < -0.3 is 5.32 Å². The third-order valence-electron chi connectivity index (χ3n) is 1.82. The van der Waals surface area contributed by atoms with Crippen molar-refractivity contribution in [2.45, 2.75) is 0 Å². The Morgan fingerprint density at radius 1 is 1.28 bits per heavy atom. The summed E-state index contributed by atoms with van der Waals surface area (Å²) in [5.41, 5.74) is -0.375. The summed E-state index contributed by atoms with van der Waals surface area (Å²) in [6.45, 7) is 0. The summed E-state index contributed by atoms with van der Waals surface area (Å²) in [6.07, 6.45) is 0. The first-order valence-corrected chi connectivity index (χ1v) is 5.37. The zero-order valence-corrected chi connectivity index (χ0v) is 10.2. The predicted octanol–water partition coefficient (Wildman–Crippen LogP) is 1.12. The number of halogens is 2. The number of hydrogen-bond acceptors (Lipinski definition) is 5. The van der Waals surface area contributed by atoms with Crippen molar-refractivity contribution in [3.8, 4) is 0 Å². The van der Waals surface area contributed by atoms with Crippen LogP contribution >= 0.6 is 23.2 Å². The van der Waals surface area contributed by atoms with Gasteiger partial charge in [0, 0.05) is 12.1 Å². The van der Waals surface area contributed by atoms with E-state index < -0.39 is 11.5 Å². The Kier molecular flexibility index (Phi) is 3.54. The van der Waals surface area contributed by atoms with Gasteiger partial charge in [0.2, 0.25) is 5.28 Å². The van der Waals surface area contributed by atoms with Crippen molar-refractivity contribution in [3.05, 3.63) is 44.7 Å². The normalized spacial score (nSPS) is 10.1. The molecule has 2 rings (SSSR count). The van der Waals surface area contributed by atoms with Crippen molar-refractivity contribution in [1.82, 2.24) is 20.2 Å². The molecule has 2 heterocycles. The summed E-state index contributed by atoms with van der Waals surface area (Å²) < 4.78 is 0. The van der Waals surface area contributed by atoms with Crippen LogP contribution in [0.25, 0.3) is 0 Å². The Bertz CT molecular complexity index is 617. The van der Waals surface area contributed by atoms with E-state index in [1.807, 2.05) is 0 Å². The first kappa shape index (κ1) is 12.5. The van der Waals surface area contributed by atoms with E-state index in [1.165, 1.54) is 18.2 Å². The smallest absolute Gasteiger partial charge is 0.277 e. The van der Waals surface area contributed by atoms with Crippen molar-refractivity contribution in [2.75, 3.05) is 5.32 Å². The third-order valence-corrected chi connectivity index (χ3v) is 2.18. The van der Waals surface area contributed by atoms with E-state index in [0.717, 1.165) is 0 Å². The Morgan fingerprint density at radius 2 is 2.06 bits per heavy atom. The highest BCUT2D eigenvalue weighted by Gasteiger charge is 2.10. The quantitative estimate of drug-likeness (QED) is 0.636. The van der Waals surface area contributed by atoms with Gasteiger partial charge in [-0.3, -0.25) is 9.59 Å². The number of rotatable bonds is 2. The second kappa shape index (κ2) is 5.11. The summed E-state index contributed by atoms with van der Waals surface area (Å²) in [4.78, 5) is 29.9. The molecule has 0 spiro atoms. The third kappa shape index (κ3) is 3.02. The monoisotopic (exact) mass is 285 g/mol. The number of aromatic amines is 1. The van der Waals surface area contributed by atoms with Crippen LogP contribution in [-0.4, -0.2) is 26.1 Å². The molecule has 92 valence electrons. The predicted molar refractivity (Wildman–Crippen MR) is 64.9 cm³/mol. The average Bonchev–Trinajstić information content (AvgIpc) is 2.28. The van der Waals surface area contributed by atoms with Gasteiger partial charge in [-0.1, -0.05) is 11.6 Å². The highest BCUT2D eigenvalue weighted by molar-refractivity contribution is 6.32. The van der Waals surface area contributed by atoms with Crippen LogP contribution in [0.3, 0.4) is 0 Å². The molecule has 9 heteroatoms. The van der Waals surface area contributed by atoms with Crippen LogP contribution in [0, 0.1) is 0 Å². The van der Waals surface area contributed by atoms with Crippen molar-refractivity contribution in [3.63, 3.8) is 0 Å². The SMILES string of the molecule is O=C(Nc1cc(Cl)nc(Cl)n1)c1ccc(=O)[nH]n1. The molecule has 0 saturated carbocycles. The zero-order chi connectivity index (χ0) is 13.1. The first-order valence-electron chi connectivity index (χ1n) is 4.62. The largest absolute Gasteiger partial charge is 0.305 e. The van der Waals surface area contributed by atoms with Gasteiger partial charge in [-0.25, -0.2) is 15.1 Å². The van der Waals surface area contributed by atoms with E-state index in [9.17, 15) is 9.59 Å². The molecular weight excluding hydrogens is 281 g/mol. The van der Waals surface area contributed by atoms with E-state index in [4.69, 9.17) is 23.2 Å². The van der Waals surface area contributed by atoms with Crippen molar-refractivity contribution >= 4 is 34.9 Å². The van der Waals surface area contributed by atoms with Gasteiger partial charge in [0.05, 0.1) is 0 Å². The van der Waals surface area contributed by atoms with Crippen LogP contribution in [0.5, 0.6) is 0 Å². The first-order chi connectivity index (χ1) is 8.54. The lowest BCUT2D eigenvalue weighted by atomic mass is 10.3. The summed E-state index contributed by atoms with van der Waals surface area (Å²) >= 11 is 11.2. The van der Waals surface area contributed by atoms with Gasteiger partial charge in [-0.15, -0.1) is 0 Å². The molecule has 0 radical (unpaired) electrons. The Balaban J connectivity index is 2.21. The number of aromatic nitrogens is 4. The minimum atomic E-state index is -0.558. The molecule has 2 aromatic rings. The molecule has 2 aromatic heterocycles. The number of H-pyrrole nitrogens is 1. The second-order valence-electron chi connectivity index (χ2n) is 3.11. The van der Waals surface area contributed by atoms with E-state index in [2.05, 4.69) is 25.5 Å². The lowest BCUT2D eigenvalue weighted by molar-refractivity contribution is 0.102. The minimum Gasteiger partial charge on any atom is -0.305 e. The highest BCUT2D eigenvalue weighted by atomic mass is 35.5. The maximum Gasteiger partial charge on any atom is 0.277 e. The lowest BCUT2D eigenvalue weighted by Crippen LogP contribution is -2.18. The van der Waals surface area contributed by atoms with Gasteiger partial charge in [-0.2, -0.15) is 5.10 Å². The number of nitrogens with one attached hydrogen (secondary N) is 2. The molecule has 0 fully saturated rings. The molecule has 1 amide bonds. The Hall–Kier alpha value is -1.99. The second-order valence-corrected chi connectivity index (χ2v) is 3.83. The number of nitrogens with zero attached hydrogens (tertiary/aromatic N) is 3. The molecular formula is C9H5Cl2N5O2. The van der Waals surface area contributed by atoms with Gasteiger partial charge in [0.25, 0.3) is 11.5 Å². The van der Waals surface area contributed by atoms with Crippen LogP contribution in [0.4, 0.5) is 5.82 Å². The van der Waals surface area contributed by atoms with Gasteiger partial charge in [0.15, 0.2) is 0 Å². The van der Waals surface area contributed by atoms with Crippen LogP contribution in [0.15, 0.2) is 23.0 Å².